The molecule has 0 fully saturated rings. The third-order valence-corrected chi connectivity index (χ3v) is 14.6. The van der Waals surface area contributed by atoms with E-state index in [2.05, 4.69) is 192 Å². The first kappa shape index (κ1) is 33.7. The Morgan fingerprint density at radius 1 is 0.431 bits per heavy atom. The Kier molecular flexibility index (Phi) is 7.89. The lowest BCUT2D eigenvalue weighted by Gasteiger charge is -2.30. The molecule has 2 aliphatic carbocycles. The van der Waals surface area contributed by atoms with E-state index >= 15 is 0 Å². The van der Waals surface area contributed by atoms with Gasteiger partial charge in [0.1, 0.15) is 0 Å². The van der Waals surface area contributed by atoms with E-state index in [0.29, 0.717) is 0 Å². The van der Waals surface area contributed by atoms with E-state index in [1.54, 1.807) is 0 Å². The maximum absolute atomic E-state index is 2.48. The van der Waals surface area contributed by atoms with Gasteiger partial charge in [-0.3, -0.25) is 0 Å². The molecule has 4 heteroatoms. The Labute approximate surface area is 345 Å². The Balaban J connectivity index is 1.05. The van der Waals surface area contributed by atoms with Crippen LogP contribution in [0.5, 0.6) is 0 Å². The van der Waals surface area contributed by atoms with Gasteiger partial charge in [0.15, 0.2) is 0 Å². The molecule has 0 spiro atoms. The van der Waals surface area contributed by atoms with Crippen LogP contribution in [-0.2, 0) is 6.42 Å². The van der Waals surface area contributed by atoms with Gasteiger partial charge in [-0.1, -0.05) is 121 Å². The van der Waals surface area contributed by atoms with E-state index in [9.17, 15) is 0 Å². The summed E-state index contributed by atoms with van der Waals surface area (Å²) in [5.74, 6) is 0. The second-order valence-corrected chi connectivity index (χ2v) is 17.6. The van der Waals surface area contributed by atoms with Crippen molar-refractivity contribution >= 4 is 113 Å². The summed E-state index contributed by atoms with van der Waals surface area (Å²) in [7, 11) is 0. The van der Waals surface area contributed by atoms with E-state index in [4.69, 9.17) is 0 Å². The molecular weight excluding hydrogens is 741 g/mol. The molecule has 0 N–H and O–H groups in total. The van der Waals surface area contributed by atoms with E-state index in [1.807, 2.05) is 22.7 Å². The minimum Gasteiger partial charge on any atom is -0.314 e. The Morgan fingerprint density at radius 3 is 1.74 bits per heavy atom. The van der Waals surface area contributed by atoms with Crippen LogP contribution < -0.4 is 9.80 Å². The number of benzene rings is 8. The topological polar surface area (TPSA) is 6.48 Å². The zero-order chi connectivity index (χ0) is 38.2. The average molecular weight is 779 g/mol. The quantitative estimate of drug-likeness (QED) is 0.166. The second-order valence-electron chi connectivity index (χ2n) is 15.5. The summed E-state index contributed by atoms with van der Waals surface area (Å²) in [6.45, 7) is 0. The van der Waals surface area contributed by atoms with E-state index in [1.165, 1.54) is 107 Å². The summed E-state index contributed by atoms with van der Waals surface area (Å²) in [4.78, 5) is 4.96. The Morgan fingerprint density at radius 2 is 1.03 bits per heavy atom. The molecule has 10 aromatic rings. The minimum atomic E-state index is 0.998. The first-order chi connectivity index (χ1) is 28.7. The molecule has 2 nitrogen and oxygen atoms in total. The molecule has 58 heavy (non-hydrogen) atoms. The fraction of sp³-hybridized carbons (Fsp3) is 0.0741. The molecule has 2 aromatic heterocycles. The molecule has 2 heterocycles. The van der Waals surface area contributed by atoms with Crippen LogP contribution in [0, 0.1) is 0 Å². The van der Waals surface area contributed by atoms with Gasteiger partial charge in [0.25, 0.3) is 0 Å². The smallest absolute Gasteiger partial charge is 0.0540 e. The van der Waals surface area contributed by atoms with E-state index in [-0.39, 0.29) is 0 Å². The van der Waals surface area contributed by atoms with Crippen molar-refractivity contribution in [1.29, 1.82) is 0 Å². The van der Waals surface area contributed by atoms with Crippen molar-refractivity contribution in [3.8, 4) is 0 Å². The number of rotatable bonds is 6. The van der Waals surface area contributed by atoms with Gasteiger partial charge in [0.2, 0.25) is 0 Å². The predicted octanol–water partition coefficient (Wildman–Crippen LogP) is 16.2. The fourth-order valence-corrected chi connectivity index (χ4v) is 12.1. The van der Waals surface area contributed by atoms with Crippen molar-refractivity contribution < 1.29 is 0 Å². The van der Waals surface area contributed by atoms with Crippen LogP contribution in [0.15, 0.2) is 187 Å². The van der Waals surface area contributed by atoms with Crippen molar-refractivity contribution in [1.82, 2.24) is 0 Å². The number of thiophene rings is 2. The van der Waals surface area contributed by atoms with Crippen LogP contribution in [0.1, 0.15) is 30.4 Å². The maximum Gasteiger partial charge on any atom is 0.0540 e. The molecule has 0 atom stereocenters. The lowest BCUT2D eigenvalue weighted by Crippen LogP contribution is -2.19. The Hall–Kier alpha value is -6.46. The first-order valence-electron chi connectivity index (χ1n) is 20.3. The van der Waals surface area contributed by atoms with Crippen molar-refractivity contribution in [2.24, 2.45) is 0 Å². The van der Waals surface area contributed by atoms with Gasteiger partial charge in [0.05, 0.1) is 9.40 Å². The van der Waals surface area contributed by atoms with Gasteiger partial charge in [-0.05, 0) is 119 Å². The van der Waals surface area contributed by atoms with Gasteiger partial charge >= 0.3 is 0 Å². The SMILES string of the molecule is C1=CCCC(N(c2ccc3ccccc3c2)c2ccc3c(c2)sc2c4sc5cc(N(C6=Cc7ccccc7CC6)c6ccccc6)ccc5c4c4ccccc4c32)=C1. The van der Waals surface area contributed by atoms with Crippen molar-refractivity contribution in [3.05, 3.63) is 198 Å². The second kappa shape index (κ2) is 13.6. The molecule has 0 amide bonds. The van der Waals surface area contributed by atoms with Crippen LogP contribution in [0.2, 0.25) is 0 Å². The van der Waals surface area contributed by atoms with Crippen molar-refractivity contribution in [2.45, 2.75) is 25.7 Å². The van der Waals surface area contributed by atoms with Crippen LogP contribution in [0.3, 0.4) is 0 Å². The highest BCUT2D eigenvalue weighted by molar-refractivity contribution is 7.33. The third-order valence-electron chi connectivity index (χ3n) is 12.1. The summed E-state index contributed by atoms with van der Waals surface area (Å²) in [6.07, 6.45) is 13.3. The zero-order valence-electron chi connectivity index (χ0n) is 31.9. The summed E-state index contributed by atoms with van der Waals surface area (Å²) < 4.78 is 5.40. The molecular formula is C54H38N2S2. The number of aryl methyl sites for hydroxylation is 1. The fourth-order valence-electron chi connectivity index (χ4n) is 9.45. The van der Waals surface area contributed by atoms with Crippen LogP contribution in [-0.4, -0.2) is 0 Å². The number of para-hydroxylation sites is 1. The molecule has 0 saturated carbocycles. The summed E-state index contributed by atoms with van der Waals surface area (Å²) in [5.41, 5.74) is 10.2. The van der Waals surface area contributed by atoms with Crippen molar-refractivity contribution in [2.75, 3.05) is 9.80 Å². The standard InChI is InChI=1S/C54H38N2S2/c1-3-17-39(18-4-1)55(41-25-23-35-13-7-9-15-37(35)31-41)43-27-29-47-49(33-43)57-53-51(47)45-21-11-12-22-46(45)52-48-30-28-44(34-50(48)58-54(52)53)56(40-19-5-2-6-20-40)42-26-24-36-14-8-10-16-38(36)32-42/h1-5,7-19,21-22,24,26-34H,6,20,23,25H2. The maximum atomic E-state index is 2.48. The molecule has 0 unspecified atom stereocenters. The zero-order valence-corrected chi connectivity index (χ0v) is 33.5. The number of hydrogen-bond acceptors (Lipinski definition) is 4. The summed E-state index contributed by atoms with van der Waals surface area (Å²) in [6, 6.07) is 58.7. The minimum absolute atomic E-state index is 0.998. The highest BCUT2D eigenvalue weighted by atomic mass is 32.1. The van der Waals surface area contributed by atoms with Crippen LogP contribution in [0.25, 0.3) is 68.0 Å². The van der Waals surface area contributed by atoms with Gasteiger partial charge in [-0.15, -0.1) is 22.7 Å². The predicted molar refractivity (Wildman–Crippen MR) is 254 cm³/mol. The third kappa shape index (κ3) is 5.44. The van der Waals surface area contributed by atoms with Gasteiger partial charge in [0, 0.05) is 65.1 Å². The molecule has 276 valence electrons. The summed E-state index contributed by atoms with van der Waals surface area (Å²) >= 11 is 3.90. The monoisotopic (exact) mass is 778 g/mol. The first-order valence-corrected chi connectivity index (χ1v) is 21.9. The van der Waals surface area contributed by atoms with Gasteiger partial charge < -0.3 is 9.80 Å². The largest absolute Gasteiger partial charge is 0.314 e. The Bertz CT molecular complexity index is 3360. The number of allylic oxidation sites excluding steroid dienone is 5. The number of nitrogens with zero attached hydrogens (tertiary/aromatic N) is 2. The number of hydrogen-bond donors (Lipinski definition) is 0. The van der Waals surface area contributed by atoms with Gasteiger partial charge in [-0.2, -0.15) is 0 Å². The lowest BCUT2D eigenvalue weighted by atomic mass is 9.94. The van der Waals surface area contributed by atoms with Crippen LogP contribution in [0.4, 0.5) is 22.7 Å². The highest BCUT2D eigenvalue weighted by Gasteiger charge is 2.23. The molecule has 8 aromatic carbocycles. The van der Waals surface area contributed by atoms with Crippen molar-refractivity contribution in [3.63, 3.8) is 0 Å². The normalized spacial score (nSPS) is 14.1. The van der Waals surface area contributed by atoms with Gasteiger partial charge in [-0.25, -0.2) is 0 Å². The molecule has 0 radical (unpaired) electrons. The number of anilines is 4. The van der Waals surface area contributed by atoms with E-state index < -0.39 is 0 Å². The lowest BCUT2D eigenvalue weighted by molar-refractivity contribution is 0.894. The molecule has 2 aliphatic rings. The highest BCUT2D eigenvalue weighted by Crippen LogP contribution is 2.51. The van der Waals surface area contributed by atoms with Crippen LogP contribution >= 0.6 is 22.7 Å². The molecule has 0 aliphatic heterocycles. The number of fused-ring (bicyclic) bond motifs is 12. The molecule has 12 rings (SSSR count). The average Bonchev–Trinajstić information content (AvgIpc) is 3.86. The molecule has 0 bridgehead atoms. The molecule has 0 saturated heterocycles. The van der Waals surface area contributed by atoms with E-state index in [0.717, 1.165) is 25.7 Å². The summed E-state index contributed by atoms with van der Waals surface area (Å²) in [5, 5.41) is 10.6.